The third-order valence-electron chi connectivity index (χ3n) is 6.03. The summed E-state index contributed by atoms with van der Waals surface area (Å²) in [5.41, 5.74) is 1.11. The first-order valence-corrected chi connectivity index (χ1v) is 12.5. The van der Waals surface area contributed by atoms with Crippen LogP contribution in [0.2, 0.25) is 0 Å². The molecule has 2 fully saturated rings. The lowest BCUT2D eigenvalue weighted by atomic mass is 10.1. The van der Waals surface area contributed by atoms with E-state index in [0.717, 1.165) is 25.0 Å². The van der Waals surface area contributed by atoms with Crippen LogP contribution in [0.1, 0.15) is 31.4 Å². The second-order valence-corrected chi connectivity index (χ2v) is 10.2. The molecule has 0 radical (unpaired) electrons. The Morgan fingerprint density at radius 3 is 2.67 bits per heavy atom. The summed E-state index contributed by atoms with van der Waals surface area (Å²) in [4.78, 5) is 31.2. The normalized spacial score (nSPS) is 19.5. The van der Waals surface area contributed by atoms with Crippen molar-refractivity contribution in [3.63, 3.8) is 0 Å². The second kappa shape index (κ2) is 9.88. The van der Waals surface area contributed by atoms with Crippen molar-refractivity contribution in [3.8, 4) is 5.75 Å². The molecule has 2 aliphatic rings. The molecule has 1 N–H and O–H groups in total. The van der Waals surface area contributed by atoms with Crippen LogP contribution in [0.15, 0.2) is 47.5 Å². The van der Waals surface area contributed by atoms with Crippen molar-refractivity contribution >= 4 is 27.5 Å². The first-order valence-electron chi connectivity index (χ1n) is 11.0. The lowest BCUT2D eigenvalue weighted by Crippen LogP contribution is -2.35. The van der Waals surface area contributed by atoms with Crippen LogP contribution in [0.3, 0.4) is 0 Å². The standard InChI is InChI=1S/C23H28N4O5S/c1-32-20-9-8-18(14-21(20)33(30,31)27-11-5-2-6-12-27)25-23(29)17-13-22(28)26(15-17)16-19-7-3-4-10-24-19/h3-4,7-10,14,17H,2,5-6,11-13,15-16H2,1H3,(H,25,29). The van der Waals surface area contributed by atoms with E-state index in [4.69, 9.17) is 4.74 Å². The second-order valence-electron chi connectivity index (χ2n) is 8.32. The molecule has 0 saturated carbocycles. The number of aromatic nitrogens is 1. The van der Waals surface area contributed by atoms with E-state index in [-0.39, 0.29) is 35.4 Å². The third-order valence-corrected chi connectivity index (χ3v) is 7.95. The number of carbonyl (C=O) groups excluding carboxylic acids is 2. The van der Waals surface area contributed by atoms with Gasteiger partial charge in [0.25, 0.3) is 0 Å². The van der Waals surface area contributed by atoms with E-state index >= 15 is 0 Å². The molecule has 2 saturated heterocycles. The third kappa shape index (κ3) is 5.17. The summed E-state index contributed by atoms with van der Waals surface area (Å²) in [5, 5.41) is 2.78. The quantitative estimate of drug-likeness (QED) is 0.662. The number of hydrogen-bond donors (Lipinski definition) is 1. The highest BCUT2D eigenvalue weighted by atomic mass is 32.2. The van der Waals surface area contributed by atoms with Gasteiger partial charge in [0, 0.05) is 37.9 Å². The predicted octanol–water partition coefficient (Wildman–Crippen LogP) is 2.25. The Hall–Kier alpha value is -2.98. The Kier molecular flexibility index (Phi) is 6.94. The van der Waals surface area contributed by atoms with Crippen LogP contribution in [0.4, 0.5) is 5.69 Å². The Labute approximate surface area is 193 Å². The number of benzene rings is 1. The average molecular weight is 473 g/mol. The van der Waals surface area contributed by atoms with Gasteiger partial charge in [-0.1, -0.05) is 12.5 Å². The number of ether oxygens (including phenoxy) is 1. The van der Waals surface area contributed by atoms with Crippen molar-refractivity contribution in [2.24, 2.45) is 5.92 Å². The molecule has 2 aromatic rings. The summed E-state index contributed by atoms with van der Waals surface area (Å²) in [6.07, 6.45) is 4.43. The molecule has 1 aromatic carbocycles. The lowest BCUT2D eigenvalue weighted by Gasteiger charge is -2.26. The molecule has 10 heteroatoms. The molecule has 176 valence electrons. The fraction of sp³-hybridized carbons (Fsp3) is 0.435. The predicted molar refractivity (Wildman–Crippen MR) is 122 cm³/mol. The first-order chi connectivity index (χ1) is 15.9. The van der Waals surface area contributed by atoms with Crippen molar-refractivity contribution in [1.82, 2.24) is 14.2 Å². The summed E-state index contributed by atoms with van der Waals surface area (Å²) in [6, 6.07) is 10.1. The minimum absolute atomic E-state index is 0.0315. The monoisotopic (exact) mass is 472 g/mol. The molecule has 4 rings (SSSR count). The van der Waals surface area contributed by atoms with E-state index in [2.05, 4.69) is 10.3 Å². The molecule has 0 spiro atoms. The topological polar surface area (TPSA) is 109 Å². The molecule has 0 bridgehead atoms. The van der Waals surface area contributed by atoms with Gasteiger partial charge in [-0.3, -0.25) is 14.6 Å². The van der Waals surface area contributed by atoms with Crippen molar-refractivity contribution in [2.45, 2.75) is 37.1 Å². The van der Waals surface area contributed by atoms with E-state index < -0.39 is 15.9 Å². The number of likely N-dealkylation sites (tertiary alicyclic amines) is 1. The van der Waals surface area contributed by atoms with Gasteiger partial charge in [-0.2, -0.15) is 4.31 Å². The SMILES string of the molecule is COc1ccc(NC(=O)C2CC(=O)N(Cc3ccccn3)C2)cc1S(=O)(=O)N1CCCCC1. The van der Waals surface area contributed by atoms with Crippen LogP contribution in [0.5, 0.6) is 5.75 Å². The number of amides is 2. The highest BCUT2D eigenvalue weighted by Gasteiger charge is 2.35. The Morgan fingerprint density at radius 2 is 1.97 bits per heavy atom. The molecular weight excluding hydrogens is 444 g/mol. The summed E-state index contributed by atoms with van der Waals surface area (Å²) in [5.74, 6) is -0.719. The highest BCUT2D eigenvalue weighted by Crippen LogP contribution is 2.31. The minimum Gasteiger partial charge on any atom is -0.495 e. The number of nitrogens with zero attached hydrogens (tertiary/aromatic N) is 3. The fourth-order valence-corrected chi connectivity index (χ4v) is 5.93. The minimum atomic E-state index is -3.75. The van der Waals surface area contributed by atoms with E-state index in [1.54, 1.807) is 29.3 Å². The van der Waals surface area contributed by atoms with Gasteiger partial charge in [-0.05, 0) is 43.2 Å². The zero-order chi connectivity index (χ0) is 23.4. The number of nitrogens with one attached hydrogen (secondary N) is 1. The number of methoxy groups -OCH3 is 1. The average Bonchev–Trinajstić information content (AvgIpc) is 3.20. The zero-order valence-electron chi connectivity index (χ0n) is 18.6. The summed E-state index contributed by atoms with van der Waals surface area (Å²) < 4.78 is 33.1. The van der Waals surface area contributed by atoms with Crippen molar-refractivity contribution in [2.75, 3.05) is 32.1 Å². The molecule has 2 amide bonds. The van der Waals surface area contributed by atoms with Gasteiger partial charge in [0.2, 0.25) is 21.8 Å². The van der Waals surface area contributed by atoms with Gasteiger partial charge in [0.15, 0.2) is 0 Å². The number of hydrogen-bond acceptors (Lipinski definition) is 6. The van der Waals surface area contributed by atoms with Crippen LogP contribution in [-0.2, 0) is 26.2 Å². The molecular formula is C23H28N4O5S. The van der Waals surface area contributed by atoms with Crippen molar-refractivity contribution < 1.29 is 22.7 Å². The lowest BCUT2D eigenvalue weighted by molar-refractivity contribution is -0.128. The van der Waals surface area contributed by atoms with E-state index in [0.29, 0.717) is 25.3 Å². The largest absolute Gasteiger partial charge is 0.495 e. The number of carbonyl (C=O) groups is 2. The van der Waals surface area contributed by atoms with Gasteiger partial charge in [-0.15, -0.1) is 0 Å². The van der Waals surface area contributed by atoms with Crippen LogP contribution >= 0.6 is 0 Å². The van der Waals surface area contributed by atoms with Gasteiger partial charge >= 0.3 is 0 Å². The molecule has 3 heterocycles. The number of pyridine rings is 1. The van der Waals surface area contributed by atoms with Crippen LogP contribution in [-0.4, -0.2) is 61.2 Å². The number of sulfonamides is 1. The van der Waals surface area contributed by atoms with Crippen molar-refractivity contribution in [1.29, 1.82) is 0 Å². The summed E-state index contributed by atoms with van der Waals surface area (Å²) in [7, 11) is -2.33. The molecule has 9 nitrogen and oxygen atoms in total. The molecule has 2 aliphatic heterocycles. The Morgan fingerprint density at radius 1 is 1.18 bits per heavy atom. The zero-order valence-corrected chi connectivity index (χ0v) is 19.4. The highest BCUT2D eigenvalue weighted by molar-refractivity contribution is 7.89. The maximum absolute atomic E-state index is 13.2. The summed E-state index contributed by atoms with van der Waals surface area (Å²) in [6.45, 7) is 1.58. The number of rotatable bonds is 7. The van der Waals surface area contributed by atoms with Crippen molar-refractivity contribution in [3.05, 3.63) is 48.3 Å². The molecule has 1 aromatic heterocycles. The molecule has 1 atom stereocenters. The van der Waals surface area contributed by atoms with Crippen LogP contribution < -0.4 is 10.1 Å². The maximum atomic E-state index is 13.2. The van der Waals surface area contributed by atoms with Gasteiger partial charge in [0.1, 0.15) is 10.6 Å². The summed E-state index contributed by atoms with van der Waals surface area (Å²) >= 11 is 0. The smallest absolute Gasteiger partial charge is 0.246 e. The first kappa shape index (κ1) is 23.2. The van der Waals surface area contributed by atoms with Crippen LogP contribution in [0.25, 0.3) is 0 Å². The Bertz CT molecular complexity index is 1120. The fourth-order valence-electron chi connectivity index (χ4n) is 4.23. The molecule has 33 heavy (non-hydrogen) atoms. The van der Waals surface area contributed by atoms with E-state index in [1.807, 2.05) is 12.1 Å². The van der Waals surface area contributed by atoms with Gasteiger partial charge < -0.3 is 15.0 Å². The Balaban J connectivity index is 1.47. The van der Waals surface area contributed by atoms with Gasteiger partial charge in [-0.25, -0.2) is 8.42 Å². The maximum Gasteiger partial charge on any atom is 0.246 e. The number of piperidine rings is 1. The molecule has 1 unspecified atom stereocenters. The van der Waals surface area contributed by atoms with Crippen LogP contribution in [0, 0.1) is 5.92 Å². The van der Waals surface area contributed by atoms with Gasteiger partial charge in [0.05, 0.1) is 25.3 Å². The van der Waals surface area contributed by atoms with E-state index in [9.17, 15) is 18.0 Å². The van der Waals surface area contributed by atoms with E-state index in [1.165, 1.54) is 17.5 Å². The number of anilines is 1. The molecule has 0 aliphatic carbocycles.